The van der Waals surface area contributed by atoms with Crippen LogP contribution in [0.3, 0.4) is 0 Å². The fourth-order valence-corrected chi connectivity index (χ4v) is 3.07. The summed E-state index contributed by atoms with van der Waals surface area (Å²) in [6, 6.07) is 22.5. The summed E-state index contributed by atoms with van der Waals surface area (Å²) in [5.74, 6) is 0.734. The van der Waals surface area contributed by atoms with Crippen LogP contribution in [0.1, 0.15) is 5.56 Å². The Morgan fingerprint density at radius 2 is 1.67 bits per heavy atom. The summed E-state index contributed by atoms with van der Waals surface area (Å²) in [5.41, 5.74) is 1.81. The minimum absolute atomic E-state index is 0.628. The molecule has 0 unspecified atom stereocenters. The second kappa shape index (κ2) is 6.67. The summed E-state index contributed by atoms with van der Waals surface area (Å²) >= 11 is 1.75. The van der Waals surface area contributed by atoms with E-state index in [2.05, 4.69) is 74.5 Å². The molecule has 0 fully saturated rings. The van der Waals surface area contributed by atoms with E-state index in [-0.39, 0.29) is 0 Å². The number of anilines is 1. The second-order valence-electron chi connectivity index (χ2n) is 5.16. The van der Waals surface area contributed by atoms with E-state index in [0.29, 0.717) is 12.2 Å². The minimum atomic E-state index is 0.628. The van der Waals surface area contributed by atoms with Crippen molar-refractivity contribution in [2.75, 3.05) is 5.32 Å². The zero-order chi connectivity index (χ0) is 16.2. The molecule has 2 aromatic carbocycles. The number of fused-ring (bicyclic) bond motifs is 1. The number of tetrazole rings is 1. The lowest BCUT2D eigenvalue weighted by Gasteiger charge is -2.07. The number of nitrogens with one attached hydrogen (secondary N) is 1. The number of nitrogens with zero attached hydrogens (tertiary/aromatic N) is 5. The average molecular weight is 334 g/mol. The molecule has 118 valence electrons. The highest BCUT2D eigenvalue weighted by Crippen LogP contribution is 2.27. The number of benzene rings is 2. The molecule has 0 saturated heterocycles. The maximum absolute atomic E-state index is 4.29. The van der Waals surface area contributed by atoms with Crippen LogP contribution in [0.15, 0.2) is 76.5 Å². The topological polar surface area (TPSA) is 68.0 Å². The van der Waals surface area contributed by atoms with Gasteiger partial charge in [-0.25, -0.2) is 0 Å². The first-order valence-corrected chi connectivity index (χ1v) is 8.30. The van der Waals surface area contributed by atoms with Crippen LogP contribution < -0.4 is 5.32 Å². The molecule has 0 bridgehead atoms. The van der Waals surface area contributed by atoms with E-state index in [1.54, 1.807) is 11.8 Å². The molecule has 0 amide bonds. The van der Waals surface area contributed by atoms with Crippen molar-refractivity contribution in [3.63, 3.8) is 0 Å². The average Bonchev–Trinajstić information content (AvgIpc) is 3.10. The SMILES string of the molecule is c1ccc(Sc2ccc(CNc3ccc4nnnn4n3)cc2)cc1. The first kappa shape index (κ1) is 14.6. The van der Waals surface area contributed by atoms with Crippen molar-refractivity contribution in [1.82, 2.24) is 25.3 Å². The van der Waals surface area contributed by atoms with Crippen LogP contribution in [0.4, 0.5) is 5.82 Å². The van der Waals surface area contributed by atoms with E-state index in [4.69, 9.17) is 0 Å². The Kier molecular flexibility index (Phi) is 4.07. The summed E-state index contributed by atoms with van der Waals surface area (Å²) in [7, 11) is 0. The monoisotopic (exact) mass is 334 g/mol. The van der Waals surface area contributed by atoms with Crippen LogP contribution in [0.5, 0.6) is 0 Å². The normalized spacial score (nSPS) is 10.8. The van der Waals surface area contributed by atoms with Crippen molar-refractivity contribution in [2.24, 2.45) is 0 Å². The van der Waals surface area contributed by atoms with Gasteiger partial charge in [0, 0.05) is 16.3 Å². The highest BCUT2D eigenvalue weighted by atomic mass is 32.2. The molecule has 0 radical (unpaired) electrons. The predicted octanol–water partition coefficient (Wildman–Crippen LogP) is 3.28. The molecule has 0 spiro atoms. The maximum Gasteiger partial charge on any atom is 0.200 e. The Bertz CT molecular complexity index is 936. The van der Waals surface area contributed by atoms with Crippen molar-refractivity contribution in [2.45, 2.75) is 16.3 Å². The van der Waals surface area contributed by atoms with Crippen LogP contribution >= 0.6 is 11.8 Å². The zero-order valence-corrected chi connectivity index (χ0v) is 13.5. The van der Waals surface area contributed by atoms with Crippen molar-refractivity contribution in [3.8, 4) is 0 Å². The highest BCUT2D eigenvalue weighted by Gasteiger charge is 2.01. The molecule has 7 heteroatoms. The minimum Gasteiger partial charge on any atom is -0.365 e. The molecule has 2 aromatic heterocycles. The van der Waals surface area contributed by atoms with Gasteiger partial charge >= 0.3 is 0 Å². The molecule has 0 aliphatic heterocycles. The predicted molar refractivity (Wildman–Crippen MR) is 92.9 cm³/mol. The molecule has 0 aliphatic rings. The number of hydrogen-bond acceptors (Lipinski definition) is 6. The Balaban J connectivity index is 1.39. The van der Waals surface area contributed by atoms with Gasteiger partial charge in [0.25, 0.3) is 0 Å². The van der Waals surface area contributed by atoms with Gasteiger partial charge in [-0.2, -0.15) is 0 Å². The smallest absolute Gasteiger partial charge is 0.200 e. The molecule has 0 saturated carbocycles. The van der Waals surface area contributed by atoms with Crippen LogP contribution in [0.2, 0.25) is 0 Å². The molecular weight excluding hydrogens is 320 g/mol. The summed E-state index contributed by atoms with van der Waals surface area (Å²) in [6.45, 7) is 0.691. The number of hydrogen-bond donors (Lipinski definition) is 1. The summed E-state index contributed by atoms with van der Waals surface area (Å²) < 4.78 is 1.40. The summed E-state index contributed by atoms with van der Waals surface area (Å²) in [6.07, 6.45) is 0. The quantitative estimate of drug-likeness (QED) is 0.604. The van der Waals surface area contributed by atoms with Gasteiger partial charge in [0.15, 0.2) is 5.65 Å². The fourth-order valence-electron chi connectivity index (χ4n) is 2.24. The van der Waals surface area contributed by atoms with Gasteiger partial charge in [-0.3, -0.25) is 0 Å². The molecule has 0 atom stereocenters. The van der Waals surface area contributed by atoms with E-state index in [1.807, 2.05) is 18.2 Å². The molecule has 4 aromatic rings. The van der Waals surface area contributed by atoms with Crippen molar-refractivity contribution in [3.05, 3.63) is 72.3 Å². The number of rotatable bonds is 5. The fraction of sp³-hybridized carbons (Fsp3) is 0.0588. The van der Waals surface area contributed by atoms with Gasteiger partial charge in [0.2, 0.25) is 0 Å². The molecule has 1 N–H and O–H groups in total. The van der Waals surface area contributed by atoms with E-state index < -0.39 is 0 Å². The van der Waals surface area contributed by atoms with Gasteiger partial charge in [0.1, 0.15) is 5.82 Å². The first-order valence-electron chi connectivity index (χ1n) is 7.48. The van der Waals surface area contributed by atoms with Crippen molar-refractivity contribution >= 4 is 23.2 Å². The van der Waals surface area contributed by atoms with Gasteiger partial charge in [-0.15, -0.1) is 14.8 Å². The maximum atomic E-state index is 4.29. The summed E-state index contributed by atoms with van der Waals surface area (Å²) in [5, 5.41) is 18.8. The van der Waals surface area contributed by atoms with Crippen LogP contribution in [0.25, 0.3) is 5.65 Å². The Labute approximate surface area is 142 Å². The lowest BCUT2D eigenvalue weighted by Crippen LogP contribution is -2.04. The first-order chi connectivity index (χ1) is 11.9. The zero-order valence-electron chi connectivity index (χ0n) is 12.7. The van der Waals surface area contributed by atoms with Crippen LogP contribution in [-0.4, -0.2) is 25.3 Å². The van der Waals surface area contributed by atoms with Gasteiger partial charge in [-0.1, -0.05) is 42.1 Å². The van der Waals surface area contributed by atoms with E-state index in [1.165, 1.54) is 20.0 Å². The van der Waals surface area contributed by atoms with Gasteiger partial charge in [0.05, 0.1) is 0 Å². The lowest BCUT2D eigenvalue weighted by molar-refractivity contribution is 0.734. The standard InChI is InChI=1S/C17H14N6S/c1-2-4-14(5-3-1)24-15-8-6-13(7-9-15)12-18-16-10-11-17-19-21-22-23(17)20-16/h1-11H,12H2,(H,18,20). The largest absolute Gasteiger partial charge is 0.365 e. The Hall–Kier alpha value is -2.93. The van der Waals surface area contributed by atoms with E-state index in [0.717, 1.165) is 5.82 Å². The Morgan fingerprint density at radius 3 is 2.50 bits per heavy atom. The molecule has 0 aliphatic carbocycles. The third kappa shape index (κ3) is 3.36. The van der Waals surface area contributed by atoms with Crippen LogP contribution in [-0.2, 0) is 6.54 Å². The van der Waals surface area contributed by atoms with E-state index >= 15 is 0 Å². The van der Waals surface area contributed by atoms with Crippen molar-refractivity contribution in [1.29, 1.82) is 0 Å². The molecule has 6 nitrogen and oxygen atoms in total. The van der Waals surface area contributed by atoms with E-state index in [9.17, 15) is 0 Å². The lowest BCUT2D eigenvalue weighted by atomic mass is 10.2. The molecule has 4 rings (SSSR count). The van der Waals surface area contributed by atoms with Gasteiger partial charge < -0.3 is 5.32 Å². The van der Waals surface area contributed by atoms with Gasteiger partial charge in [-0.05, 0) is 52.4 Å². The summed E-state index contributed by atoms with van der Waals surface area (Å²) in [4.78, 5) is 2.46. The third-order valence-corrected chi connectivity index (χ3v) is 4.46. The molecule has 24 heavy (non-hydrogen) atoms. The third-order valence-electron chi connectivity index (χ3n) is 3.45. The molecular formula is C17H14N6S. The number of aromatic nitrogens is 5. The highest BCUT2D eigenvalue weighted by molar-refractivity contribution is 7.99. The van der Waals surface area contributed by atoms with Crippen LogP contribution in [0, 0.1) is 0 Å². The Morgan fingerprint density at radius 1 is 0.875 bits per heavy atom. The second-order valence-corrected chi connectivity index (χ2v) is 6.30. The van der Waals surface area contributed by atoms with Crippen molar-refractivity contribution < 1.29 is 0 Å². The molecule has 2 heterocycles.